The zero-order valence-corrected chi connectivity index (χ0v) is 10.3. The molecule has 0 aromatic carbocycles. The topological polar surface area (TPSA) is 29.5 Å². The average Bonchev–Trinajstić information content (AvgIpc) is 2.20. The summed E-state index contributed by atoms with van der Waals surface area (Å²) in [7, 11) is 0. The minimum Gasteiger partial charge on any atom is -0.361 e. The molecule has 0 N–H and O–H groups in total. The van der Waals surface area contributed by atoms with Crippen molar-refractivity contribution in [2.24, 2.45) is 5.92 Å². The van der Waals surface area contributed by atoms with Crippen LogP contribution >= 0.6 is 22.6 Å². The van der Waals surface area contributed by atoms with Crippen molar-refractivity contribution in [3.63, 3.8) is 0 Å². The lowest BCUT2D eigenvalue weighted by Gasteiger charge is -2.28. The van der Waals surface area contributed by atoms with Gasteiger partial charge in [0.05, 0.1) is 0 Å². The van der Waals surface area contributed by atoms with Crippen LogP contribution in [0.4, 0.5) is 13.2 Å². The number of nitrogens with zero attached hydrogens (tertiary/aromatic N) is 1. The second kappa shape index (κ2) is 5.72. The van der Waals surface area contributed by atoms with Crippen LogP contribution < -0.4 is 0 Å². The third-order valence-electron chi connectivity index (χ3n) is 2.16. The lowest BCUT2D eigenvalue weighted by atomic mass is 9.99. The maximum Gasteiger partial charge on any atom is 0.492 e. The summed E-state index contributed by atoms with van der Waals surface area (Å²) in [5.74, 6) is 0.953. The molecule has 0 aromatic heterocycles. The molecule has 1 aliphatic heterocycles. The molecule has 1 rings (SSSR count). The molecule has 0 atom stereocenters. The Morgan fingerprint density at radius 3 is 2.38 bits per heavy atom. The van der Waals surface area contributed by atoms with Gasteiger partial charge in [-0.25, -0.2) is 4.79 Å². The van der Waals surface area contributed by atoms with Gasteiger partial charge in [-0.15, -0.1) is 5.06 Å². The zero-order chi connectivity index (χ0) is 12.2. The molecule has 0 aliphatic carbocycles. The molecule has 0 saturated carbocycles. The second-order valence-electron chi connectivity index (χ2n) is 3.32. The Morgan fingerprint density at radius 2 is 1.94 bits per heavy atom. The van der Waals surface area contributed by atoms with Crippen molar-refractivity contribution in [1.29, 1.82) is 0 Å². The summed E-state index contributed by atoms with van der Waals surface area (Å²) < 4.78 is 38.4. The third-order valence-corrected chi connectivity index (χ3v) is 2.47. The average molecular weight is 347 g/mol. The van der Waals surface area contributed by atoms with E-state index < -0.39 is 12.1 Å². The molecule has 1 fully saturated rings. The van der Waals surface area contributed by atoms with Crippen molar-refractivity contribution in [2.45, 2.75) is 19.0 Å². The van der Waals surface area contributed by atoms with E-state index in [9.17, 15) is 18.0 Å². The highest BCUT2D eigenvalue weighted by Crippen LogP contribution is 2.21. The number of hydrogen-bond donors (Lipinski definition) is 0. The smallest absolute Gasteiger partial charge is 0.361 e. The van der Waals surface area contributed by atoms with Crippen LogP contribution in [0.15, 0.2) is 0 Å². The van der Waals surface area contributed by atoms with E-state index in [1.165, 1.54) is 0 Å². The fraction of sp³-hybridized carbons (Fsp3) is 0.667. The maximum absolute atomic E-state index is 11.9. The standard InChI is InChI=1S/C9H9F3INO2/c10-9(11,12)8(15)16-14-5-2-7(1-4-13)3-6-14/h7H,2-3,5-6H2. The Hall–Kier alpha value is -0.490. The lowest BCUT2D eigenvalue weighted by molar-refractivity contribution is -0.241. The van der Waals surface area contributed by atoms with E-state index in [-0.39, 0.29) is 19.0 Å². The number of carbonyl (C=O) groups is 1. The first-order valence-corrected chi connectivity index (χ1v) is 5.66. The fourth-order valence-electron chi connectivity index (χ4n) is 1.34. The highest BCUT2D eigenvalue weighted by molar-refractivity contribution is 14.1. The molecule has 16 heavy (non-hydrogen) atoms. The van der Waals surface area contributed by atoms with Crippen LogP contribution in [0.3, 0.4) is 0 Å². The van der Waals surface area contributed by atoms with Crippen LogP contribution in [0.5, 0.6) is 0 Å². The monoisotopic (exact) mass is 347 g/mol. The molecule has 1 heterocycles. The van der Waals surface area contributed by atoms with E-state index in [1.54, 1.807) is 0 Å². The Kier molecular flexibility index (Phi) is 4.86. The number of carbonyl (C=O) groups excluding carboxylic acids is 1. The van der Waals surface area contributed by atoms with Gasteiger partial charge in [0.25, 0.3) is 0 Å². The first kappa shape index (κ1) is 13.6. The minimum absolute atomic E-state index is 0.178. The summed E-state index contributed by atoms with van der Waals surface area (Å²) in [6, 6.07) is 0. The molecule has 7 heteroatoms. The Labute approximate surface area is 104 Å². The predicted octanol–water partition coefficient (Wildman–Crippen LogP) is 2.11. The Morgan fingerprint density at radius 1 is 1.38 bits per heavy atom. The fourth-order valence-corrected chi connectivity index (χ4v) is 1.78. The number of rotatable bonds is 1. The van der Waals surface area contributed by atoms with Crippen LogP contribution in [0.25, 0.3) is 0 Å². The first-order valence-electron chi connectivity index (χ1n) is 4.58. The molecule has 0 amide bonds. The SMILES string of the molecule is O=C(ON1CCC(C#CI)CC1)C(F)(F)F. The number of hydrogen-bond acceptors (Lipinski definition) is 3. The summed E-state index contributed by atoms with van der Waals surface area (Å²) in [6.45, 7) is 0.579. The summed E-state index contributed by atoms with van der Waals surface area (Å²) in [4.78, 5) is 14.7. The van der Waals surface area contributed by atoms with Crippen molar-refractivity contribution < 1.29 is 22.8 Å². The minimum atomic E-state index is -4.93. The molecule has 0 spiro atoms. The van der Waals surface area contributed by atoms with Crippen molar-refractivity contribution in [3.8, 4) is 9.85 Å². The Balaban J connectivity index is 2.37. The number of piperidine rings is 1. The van der Waals surface area contributed by atoms with E-state index in [0.29, 0.717) is 12.8 Å². The molecule has 0 unspecified atom stereocenters. The molecule has 0 radical (unpaired) electrons. The molecular formula is C9H9F3INO2. The van der Waals surface area contributed by atoms with Crippen molar-refractivity contribution in [1.82, 2.24) is 5.06 Å². The molecule has 90 valence electrons. The summed E-state index contributed by atoms with van der Waals surface area (Å²) in [6.07, 6.45) is -3.71. The van der Waals surface area contributed by atoms with Crippen LogP contribution in [0.1, 0.15) is 12.8 Å². The largest absolute Gasteiger partial charge is 0.492 e. The van der Waals surface area contributed by atoms with Gasteiger partial charge >= 0.3 is 12.1 Å². The van der Waals surface area contributed by atoms with Gasteiger partial charge in [0.1, 0.15) is 0 Å². The normalized spacial score (nSPS) is 18.8. The van der Waals surface area contributed by atoms with Gasteiger partial charge in [0, 0.05) is 41.6 Å². The lowest BCUT2D eigenvalue weighted by Crippen LogP contribution is -2.39. The van der Waals surface area contributed by atoms with Gasteiger partial charge in [-0.1, -0.05) is 5.92 Å². The molecule has 0 aromatic rings. The van der Waals surface area contributed by atoms with Gasteiger partial charge in [0.15, 0.2) is 0 Å². The van der Waals surface area contributed by atoms with E-state index in [4.69, 9.17) is 0 Å². The van der Waals surface area contributed by atoms with E-state index >= 15 is 0 Å². The van der Waals surface area contributed by atoms with Gasteiger partial charge in [-0.05, 0) is 16.8 Å². The summed E-state index contributed by atoms with van der Waals surface area (Å²) >= 11 is 1.92. The van der Waals surface area contributed by atoms with Crippen LogP contribution in [0.2, 0.25) is 0 Å². The van der Waals surface area contributed by atoms with Crippen molar-refractivity contribution in [2.75, 3.05) is 13.1 Å². The van der Waals surface area contributed by atoms with E-state index in [0.717, 1.165) is 5.06 Å². The quantitative estimate of drug-likeness (QED) is 0.538. The van der Waals surface area contributed by atoms with E-state index in [2.05, 4.69) is 14.7 Å². The molecular weight excluding hydrogens is 338 g/mol. The predicted molar refractivity (Wildman–Crippen MR) is 58.2 cm³/mol. The van der Waals surface area contributed by atoms with Gasteiger partial charge in [-0.2, -0.15) is 13.2 Å². The molecule has 3 nitrogen and oxygen atoms in total. The zero-order valence-electron chi connectivity index (χ0n) is 8.18. The number of halogens is 4. The number of hydroxylamine groups is 2. The summed E-state index contributed by atoms with van der Waals surface area (Å²) in [5, 5.41) is 1.04. The molecule has 1 aliphatic rings. The third kappa shape index (κ3) is 4.17. The maximum atomic E-state index is 11.9. The van der Waals surface area contributed by atoms with Crippen LogP contribution in [0, 0.1) is 15.8 Å². The number of alkyl halides is 3. The first-order chi connectivity index (χ1) is 7.43. The molecule has 0 bridgehead atoms. The van der Waals surface area contributed by atoms with Gasteiger partial charge in [-0.3, -0.25) is 0 Å². The van der Waals surface area contributed by atoms with Crippen molar-refractivity contribution >= 4 is 28.6 Å². The highest BCUT2D eigenvalue weighted by Gasteiger charge is 2.42. The summed E-state index contributed by atoms with van der Waals surface area (Å²) in [5.41, 5.74) is 0. The van der Waals surface area contributed by atoms with E-state index in [1.807, 2.05) is 22.6 Å². The van der Waals surface area contributed by atoms with Crippen LogP contribution in [-0.4, -0.2) is 30.3 Å². The highest BCUT2D eigenvalue weighted by atomic mass is 127. The molecule has 1 saturated heterocycles. The van der Waals surface area contributed by atoms with Crippen molar-refractivity contribution in [3.05, 3.63) is 0 Å². The Bertz CT molecular complexity index is 313. The van der Waals surface area contributed by atoms with Gasteiger partial charge in [0.2, 0.25) is 0 Å². The van der Waals surface area contributed by atoms with Gasteiger partial charge < -0.3 is 4.84 Å². The van der Waals surface area contributed by atoms with Crippen LogP contribution in [-0.2, 0) is 9.63 Å². The second-order valence-corrected chi connectivity index (χ2v) is 3.86.